The predicted molar refractivity (Wildman–Crippen MR) is 71.7 cm³/mol. The number of unbranched alkanes of at least 4 members (excludes halogenated alkanes) is 2. The standard InChI is InChI=1S/C13H26BrN/c1-12(2)8-11-15(13-6-7-13)10-5-3-4-9-14/h12-13H,3-11H2,1-2H3. The fourth-order valence-corrected chi connectivity index (χ4v) is 2.32. The lowest BCUT2D eigenvalue weighted by Crippen LogP contribution is -2.29. The molecule has 0 aromatic carbocycles. The fourth-order valence-electron chi connectivity index (χ4n) is 1.93. The number of alkyl halides is 1. The molecule has 0 aliphatic heterocycles. The van der Waals surface area contributed by atoms with E-state index in [2.05, 4.69) is 34.7 Å². The molecule has 1 nitrogen and oxygen atoms in total. The summed E-state index contributed by atoms with van der Waals surface area (Å²) < 4.78 is 0. The maximum atomic E-state index is 3.49. The van der Waals surface area contributed by atoms with Crippen molar-refractivity contribution < 1.29 is 0 Å². The summed E-state index contributed by atoms with van der Waals surface area (Å²) in [5.41, 5.74) is 0. The van der Waals surface area contributed by atoms with Gasteiger partial charge in [0.15, 0.2) is 0 Å². The Labute approximate surface area is 104 Å². The summed E-state index contributed by atoms with van der Waals surface area (Å²) in [4.78, 5) is 2.73. The zero-order chi connectivity index (χ0) is 11.1. The molecule has 0 amide bonds. The first-order valence-corrected chi connectivity index (χ1v) is 7.66. The van der Waals surface area contributed by atoms with Crippen molar-refractivity contribution in [3.05, 3.63) is 0 Å². The molecule has 0 atom stereocenters. The highest BCUT2D eigenvalue weighted by atomic mass is 79.9. The molecule has 1 fully saturated rings. The summed E-state index contributed by atoms with van der Waals surface area (Å²) in [6, 6.07) is 0.952. The Kier molecular flexibility index (Phi) is 6.91. The number of rotatable bonds is 9. The monoisotopic (exact) mass is 275 g/mol. The zero-order valence-corrected chi connectivity index (χ0v) is 11.9. The molecule has 0 spiro atoms. The lowest BCUT2D eigenvalue weighted by molar-refractivity contribution is 0.243. The van der Waals surface area contributed by atoms with Gasteiger partial charge in [-0.25, -0.2) is 0 Å². The molecular weight excluding hydrogens is 250 g/mol. The van der Waals surface area contributed by atoms with E-state index < -0.39 is 0 Å². The second kappa shape index (κ2) is 7.67. The van der Waals surface area contributed by atoms with Gasteiger partial charge < -0.3 is 4.90 Å². The third-order valence-corrected chi connectivity index (χ3v) is 3.70. The van der Waals surface area contributed by atoms with Crippen molar-refractivity contribution in [2.45, 2.75) is 58.4 Å². The van der Waals surface area contributed by atoms with Crippen molar-refractivity contribution in [3.8, 4) is 0 Å². The summed E-state index contributed by atoms with van der Waals surface area (Å²) in [5, 5.41) is 1.17. The van der Waals surface area contributed by atoms with Gasteiger partial charge in [-0.05, 0) is 51.1 Å². The lowest BCUT2D eigenvalue weighted by atomic mass is 10.1. The largest absolute Gasteiger partial charge is 0.300 e. The molecule has 1 aliphatic rings. The lowest BCUT2D eigenvalue weighted by Gasteiger charge is -2.22. The summed E-state index contributed by atoms with van der Waals surface area (Å²) in [6.07, 6.45) is 8.39. The van der Waals surface area contributed by atoms with E-state index in [1.807, 2.05) is 0 Å². The normalized spacial score (nSPS) is 16.6. The van der Waals surface area contributed by atoms with Gasteiger partial charge in [-0.3, -0.25) is 0 Å². The average molecular weight is 276 g/mol. The molecule has 15 heavy (non-hydrogen) atoms. The summed E-state index contributed by atoms with van der Waals surface area (Å²) in [7, 11) is 0. The zero-order valence-electron chi connectivity index (χ0n) is 10.3. The van der Waals surface area contributed by atoms with E-state index in [0.29, 0.717) is 0 Å². The minimum Gasteiger partial charge on any atom is -0.300 e. The Hall–Kier alpha value is 0.440. The topological polar surface area (TPSA) is 3.24 Å². The van der Waals surface area contributed by atoms with Crippen molar-refractivity contribution in [1.82, 2.24) is 4.90 Å². The highest BCUT2D eigenvalue weighted by molar-refractivity contribution is 9.09. The van der Waals surface area contributed by atoms with Crippen LogP contribution in [0.2, 0.25) is 0 Å². The van der Waals surface area contributed by atoms with Crippen LogP contribution in [0.25, 0.3) is 0 Å². The summed E-state index contributed by atoms with van der Waals surface area (Å²) in [6.45, 7) is 7.33. The van der Waals surface area contributed by atoms with Gasteiger partial charge in [0.25, 0.3) is 0 Å². The van der Waals surface area contributed by atoms with Crippen LogP contribution in [-0.4, -0.2) is 29.4 Å². The molecule has 0 heterocycles. The van der Waals surface area contributed by atoms with Crippen LogP contribution in [-0.2, 0) is 0 Å². The van der Waals surface area contributed by atoms with Crippen LogP contribution in [0.4, 0.5) is 0 Å². The smallest absolute Gasteiger partial charge is 0.00964 e. The van der Waals surface area contributed by atoms with E-state index in [-0.39, 0.29) is 0 Å². The van der Waals surface area contributed by atoms with E-state index >= 15 is 0 Å². The molecule has 0 bridgehead atoms. The van der Waals surface area contributed by atoms with Gasteiger partial charge in [-0.15, -0.1) is 0 Å². The first-order chi connectivity index (χ1) is 7.24. The molecule has 1 saturated carbocycles. The molecule has 0 saturated heterocycles. The SMILES string of the molecule is CC(C)CCN(CCCCCBr)C1CC1. The number of halogens is 1. The van der Waals surface area contributed by atoms with Crippen LogP contribution in [0.1, 0.15) is 52.4 Å². The third-order valence-electron chi connectivity index (χ3n) is 3.14. The molecule has 1 aliphatic carbocycles. The average Bonchev–Trinajstić information content (AvgIpc) is 3.00. The van der Waals surface area contributed by atoms with Crippen LogP contribution in [0.5, 0.6) is 0 Å². The van der Waals surface area contributed by atoms with Crippen LogP contribution in [0, 0.1) is 5.92 Å². The van der Waals surface area contributed by atoms with Crippen LogP contribution in [0.15, 0.2) is 0 Å². The van der Waals surface area contributed by atoms with E-state index in [0.717, 1.165) is 12.0 Å². The molecule has 0 aromatic rings. The first-order valence-electron chi connectivity index (χ1n) is 6.54. The molecular formula is C13H26BrN. The van der Waals surface area contributed by atoms with Gasteiger partial charge in [-0.1, -0.05) is 36.2 Å². The minimum absolute atomic E-state index is 0.855. The predicted octanol–water partition coefficient (Wildman–Crippen LogP) is 4.06. The Balaban J connectivity index is 2.07. The Morgan fingerprint density at radius 2 is 1.87 bits per heavy atom. The second-order valence-electron chi connectivity index (χ2n) is 5.20. The van der Waals surface area contributed by atoms with Gasteiger partial charge in [-0.2, -0.15) is 0 Å². The maximum absolute atomic E-state index is 3.49. The summed E-state index contributed by atoms with van der Waals surface area (Å²) >= 11 is 3.49. The quantitative estimate of drug-likeness (QED) is 0.453. The van der Waals surface area contributed by atoms with Crippen LogP contribution < -0.4 is 0 Å². The van der Waals surface area contributed by atoms with Crippen molar-refractivity contribution in [3.63, 3.8) is 0 Å². The van der Waals surface area contributed by atoms with Crippen molar-refractivity contribution in [2.75, 3.05) is 18.4 Å². The highest BCUT2D eigenvalue weighted by Crippen LogP contribution is 2.27. The van der Waals surface area contributed by atoms with Crippen molar-refractivity contribution >= 4 is 15.9 Å². The highest BCUT2D eigenvalue weighted by Gasteiger charge is 2.27. The minimum atomic E-state index is 0.855. The molecule has 0 unspecified atom stereocenters. The van der Waals surface area contributed by atoms with Crippen LogP contribution in [0.3, 0.4) is 0 Å². The molecule has 90 valence electrons. The van der Waals surface area contributed by atoms with Crippen molar-refractivity contribution in [2.24, 2.45) is 5.92 Å². The number of nitrogens with zero attached hydrogens (tertiary/aromatic N) is 1. The Morgan fingerprint density at radius 1 is 1.13 bits per heavy atom. The van der Waals surface area contributed by atoms with Gasteiger partial charge >= 0.3 is 0 Å². The van der Waals surface area contributed by atoms with E-state index in [1.54, 1.807) is 0 Å². The second-order valence-corrected chi connectivity index (χ2v) is 5.99. The Morgan fingerprint density at radius 3 is 2.40 bits per heavy atom. The molecule has 1 rings (SSSR count). The van der Waals surface area contributed by atoms with Crippen molar-refractivity contribution in [1.29, 1.82) is 0 Å². The fraction of sp³-hybridized carbons (Fsp3) is 1.00. The summed E-state index contributed by atoms with van der Waals surface area (Å²) in [5.74, 6) is 0.855. The molecule has 0 aromatic heterocycles. The maximum Gasteiger partial charge on any atom is 0.00964 e. The molecule has 0 radical (unpaired) electrons. The van der Waals surface area contributed by atoms with Gasteiger partial charge in [0.1, 0.15) is 0 Å². The third kappa shape index (κ3) is 6.57. The number of hydrogen-bond acceptors (Lipinski definition) is 1. The van der Waals surface area contributed by atoms with Gasteiger partial charge in [0, 0.05) is 11.4 Å². The van der Waals surface area contributed by atoms with Gasteiger partial charge in [0.05, 0.1) is 0 Å². The van der Waals surface area contributed by atoms with Gasteiger partial charge in [0.2, 0.25) is 0 Å². The number of hydrogen-bond donors (Lipinski definition) is 0. The van der Waals surface area contributed by atoms with E-state index in [4.69, 9.17) is 0 Å². The van der Waals surface area contributed by atoms with Crippen LogP contribution >= 0.6 is 15.9 Å². The van der Waals surface area contributed by atoms with E-state index in [1.165, 1.54) is 56.9 Å². The van der Waals surface area contributed by atoms with E-state index in [9.17, 15) is 0 Å². The molecule has 2 heteroatoms. The first kappa shape index (κ1) is 13.5. The molecule has 0 N–H and O–H groups in total. The Bertz CT molecular complexity index is 155.